The fourth-order valence-electron chi connectivity index (χ4n) is 2.43. The Morgan fingerprint density at radius 1 is 1.25 bits per heavy atom. The molecule has 0 spiro atoms. The minimum absolute atomic E-state index is 0.283. The van der Waals surface area contributed by atoms with Crippen molar-refractivity contribution >= 4 is 28.5 Å². The number of anilines is 1. The normalized spacial score (nSPS) is 11.0. The van der Waals surface area contributed by atoms with Gasteiger partial charge in [0.1, 0.15) is 17.4 Å². The smallest absolute Gasteiger partial charge is 0.250 e. The zero-order chi connectivity index (χ0) is 20.1. The van der Waals surface area contributed by atoms with Gasteiger partial charge in [-0.1, -0.05) is 22.6 Å². The monoisotopic (exact) mass is 400 g/mol. The molecule has 146 valence electrons. The molecule has 3 rings (SSSR count). The van der Waals surface area contributed by atoms with Gasteiger partial charge in [-0.2, -0.15) is 0 Å². The van der Waals surface area contributed by atoms with Gasteiger partial charge in [0.15, 0.2) is 11.5 Å². The third-order valence-corrected chi connectivity index (χ3v) is 4.68. The van der Waals surface area contributed by atoms with Crippen molar-refractivity contribution < 1.29 is 18.8 Å². The summed E-state index contributed by atoms with van der Waals surface area (Å²) in [6.45, 7) is 5.87. The number of benzene rings is 1. The zero-order valence-electron chi connectivity index (χ0n) is 16.0. The molecule has 0 atom stereocenters. The number of nitrogens with one attached hydrogen (secondary N) is 1. The molecule has 8 nitrogen and oxygen atoms in total. The molecule has 0 unspecified atom stereocenters. The first kappa shape index (κ1) is 19.6. The maximum atomic E-state index is 12.0. The lowest BCUT2D eigenvalue weighted by Gasteiger charge is -2.11. The first-order valence-corrected chi connectivity index (χ1v) is 9.29. The predicted molar refractivity (Wildman–Crippen MR) is 106 cm³/mol. The van der Waals surface area contributed by atoms with Crippen molar-refractivity contribution in [2.45, 2.75) is 27.4 Å². The van der Waals surface area contributed by atoms with Crippen molar-refractivity contribution in [3.63, 3.8) is 0 Å². The molecule has 9 heteroatoms. The topological polar surface area (TPSA) is 99.4 Å². The lowest BCUT2D eigenvalue weighted by Crippen LogP contribution is -2.07. The van der Waals surface area contributed by atoms with Crippen LogP contribution in [0.2, 0.25) is 0 Å². The average Bonchev–Trinajstić information content (AvgIpc) is 3.23. The Morgan fingerprint density at radius 3 is 2.71 bits per heavy atom. The second-order valence-corrected chi connectivity index (χ2v) is 7.13. The molecule has 0 saturated heterocycles. The van der Waals surface area contributed by atoms with E-state index in [4.69, 9.17) is 14.0 Å². The van der Waals surface area contributed by atoms with Gasteiger partial charge >= 0.3 is 0 Å². The van der Waals surface area contributed by atoms with Crippen molar-refractivity contribution in [3.8, 4) is 11.5 Å². The Morgan fingerprint density at radius 2 is 2.07 bits per heavy atom. The molecule has 0 bridgehead atoms. The molecule has 2 heterocycles. The molecule has 1 aromatic carbocycles. The van der Waals surface area contributed by atoms with Crippen molar-refractivity contribution in [2.24, 2.45) is 0 Å². The first-order chi connectivity index (χ1) is 13.5. The second kappa shape index (κ2) is 8.66. The third-order valence-electron chi connectivity index (χ3n) is 3.92. The van der Waals surface area contributed by atoms with Crippen LogP contribution in [0.4, 0.5) is 5.13 Å². The van der Waals surface area contributed by atoms with Gasteiger partial charge in [0.05, 0.1) is 18.4 Å². The molecular weight excluding hydrogens is 380 g/mol. The molecule has 0 saturated carbocycles. The van der Waals surface area contributed by atoms with Gasteiger partial charge in [-0.05, 0) is 44.5 Å². The summed E-state index contributed by atoms with van der Waals surface area (Å²) in [5.74, 6) is 1.60. The summed E-state index contributed by atoms with van der Waals surface area (Å²) in [4.78, 5) is 12.0. The predicted octanol–water partition coefficient (Wildman–Crippen LogP) is 3.69. The fraction of sp³-hybridized carbons (Fsp3) is 0.263. The van der Waals surface area contributed by atoms with E-state index >= 15 is 0 Å². The fourth-order valence-corrected chi connectivity index (χ4v) is 3.03. The van der Waals surface area contributed by atoms with E-state index in [2.05, 4.69) is 20.7 Å². The molecular formula is C19H20N4O4S. The minimum Gasteiger partial charge on any atom is -0.493 e. The molecule has 28 heavy (non-hydrogen) atoms. The summed E-state index contributed by atoms with van der Waals surface area (Å²) in [5, 5.41) is 15.6. The number of amides is 1. The van der Waals surface area contributed by atoms with E-state index in [-0.39, 0.29) is 5.91 Å². The van der Waals surface area contributed by atoms with E-state index in [1.54, 1.807) is 25.3 Å². The molecule has 0 aliphatic carbocycles. The van der Waals surface area contributed by atoms with Crippen molar-refractivity contribution in [1.82, 2.24) is 15.4 Å². The van der Waals surface area contributed by atoms with Crippen LogP contribution >= 0.6 is 11.3 Å². The molecule has 1 N–H and O–H groups in total. The summed E-state index contributed by atoms with van der Waals surface area (Å²) in [5.41, 5.74) is 2.51. The van der Waals surface area contributed by atoms with Gasteiger partial charge in [0, 0.05) is 6.08 Å². The number of carbonyl (C=O) groups excluding carboxylic acids is 1. The van der Waals surface area contributed by atoms with E-state index in [9.17, 15) is 4.79 Å². The van der Waals surface area contributed by atoms with Crippen LogP contribution in [0.25, 0.3) is 6.08 Å². The number of aryl methyl sites for hydroxylation is 3. The van der Waals surface area contributed by atoms with Crippen molar-refractivity contribution in [3.05, 3.63) is 51.9 Å². The Kier molecular flexibility index (Phi) is 6.05. The summed E-state index contributed by atoms with van der Waals surface area (Å²) < 4.78 is 16.4. The Balaban J connectivity index is 1.66. The number of rotatable bonds is 7. The van der Waals surface area contributed by atoms with Crippen LogP contribution in [-0.2, 0) is 11.4 Å². The first-order valence-electron chi connectivity index (χ1n) is 8.48. The van der Waals surface area contributed by atoms with E-state index in [1.807, 2.05) is 26.8 Å². The van der Waals surface area contributed by atoms with Gasteiger partial charge in [0.2, 0.25) is 11.0 Å². The zero-order valence-corrected chi connectivity index (χ0v) is 16.8. The second-order valence-electron chi connectivity index (χ2n) is 5.95. The molecule has 0 fully saturated rings. The minimum atomic E-state index is -0.283. The maximum Gasteiger partial charge on any atom is 0.250 e. The quantitative estimate of drug-likeness (QED) is 0.604. The van der Waals surface area contributed by atoms with E-state index in [0.29, 0.717) is 23.2 Å². The van der Waals surface area contributed by atoms with Gasteiger partial charge in [-0.25, -0.2) is 0 Å². The summed E-state index contributed by atoms with van der Waals surface area (Å²) in [6.07, 6.45) is 3.11. The lowest BCUT2D eigenvalue weighted by molar-refractivity contribution is -0.111. The van der Waals surface area contributed by atoms with Crippen LogP contribution in [0.1, 0.15) is 27.6 Å². The van der Waals surface area contributed by atoms with Gasteiger partial charge in [0.25, 0.3) is 0 Å². The van der Waals surface area contributed by atoms with E-state index < -0.39 is 0 Å². The average molecular weight is 400 g/mol. The van der Waals surface area contributed by atoms with Crippen LogP contribution in [0, 0.1) is 20.8 Å². The Bertz CT molecular complexity index is 990. The van der Waals surface area contributed by atoms with Crippen LogP contribution in [0.3, 0.4) is 0 Å². The SMILES string of the molecule is COc1cc(/C=C/C(=O)Nc2nnc(C)s2)ccc1OCc1c(C)noc1C. The highest BCUT2D eigenvalue weighted by atomic mass is 32.1. The molecule has 1 amide bonds. The number of methoxy groups -OCH3 is 1. The molecule has 0 aliphatic rings. The molecule has 0 radical (unpaired) electrons. The van der Waals surface area contributed by atoms with Crippen molar-refractivity contribution in [2.75, 3.05) is 12.4 Å². The van der Waals surface area contributed by atoms with Crippen LogP contribution in [0.5, 0.6) is 11.5 Å². The maximum absolute atomic E-state index is 12.0. The van der Waals surface area contributed by atoms with E-state index in [0.717, 1.165) is 27.6 Å². The molecule has 2 aromatic heterocycles. The molecule has 3 aromatic rings. The number of carbonyl (C=O) groups is 1. The third kappa shape index (κ3) is 4.74. The highest BCUT2D eigenvalue weighted by Crippen LogP contribution is 2.30. The summed E-state index contributed by atoms with van der Waals surface area (Å²) in [7, 11) is 1.57. The number of aromatic nitrogens is 3. The van der Waals surface area contributed by atoms with Gasteiger partial charge < -0.3 is 14.0 Å². The van der Waals surface area contributed by atoms with Gasteiger partial charge in [-0.3, -0.25) is 10.1 Å². The number of ether oxygens (including phenoxy) is 2. The highest BCUT2D eigenvalue weighted by molar-refractivity contribution is 7.15. The van der Waals surface area contributed by atoms with Crippen LogP contribution in [-0.4, -0.2) is 28.4 Å². The molecule has 0 aliphatic heterocycles. The van der Waals surface area contributed by atoms with Crippen molar-refractivity contribution in [1.29, 1.82) is 0 Å². The lowest BCUT2D eigenvalue weighted by atomic mass is 10.2. The van der Waals surface area contributed by atoms with Gasteiger partial charge in [-0.15, -0.1) is 10.2 Å². The Labute approximate surface area is 166 Å². The largest absolute Gasteiger partial charge is 0.493 e. The number of hydrogen-bond donors (Lipinski definition) is 1. The summed E-state index contributed by atoms with van der Waals surface area (Å²) in [6, 6.07) is 5.42. The number of hydrogen-bond acceptors (Lipinski definition) is 8. The highest BCUT2D eigenvalue weighted by Gasteiger charge is 2.12. The van der Waals surface area contributed by atoms with Crippen LogP contribution in [0.15, 0.2) is 28.8 Å². The van der Waals surface area contributed by atoms with E-state index in [1.165, 1.54) is 17.4 Å². The standard InChI is InChI=1S/C19H20N4O4S/c1-11-15(12(2)27-23-11)10-26-16-7-5-14(9-17(16)25-4)6-8-18(24)20-19-22-21-13(3)28-19/h5-9H,10H2,1-4H3,(H,20,22,24)/b8-6+. The summed E-state index contributed by atoms with van der Waals surface area (Å²) >= 11 is 1.32. The van der Waals surface area contributed by atoms with Crippen LogP contribution < -0.4 is 14.8 Å². The Hall–Kier alpha value is -3.20. The number of nitrogens with zero attached hydrogens (tertiary/aromatic N) is 3.